The number of halogens is 1. The maximum Gasteiger partial charge on any atom is 0.0991 e. The summed E-state index contributed by atoms with van der Waals surface area (Å²) in [6.07, 6.45) is 5.61. The molecule has 1 aliphatic rings. The van der Waals surface area contributed by atoms with Gasteiger partial charge in [-0.15, -0.1) is 10.2 Å². The quantitative estimate of drug-likeness (QED) is 0.635. The van der Waals surface area contributed by atoms with E-state index in [0.717, 1.165) is 0 Å². The summed E-state index contributed by atoms with van der Waals surface area (Å²) in [5.41, 5.74) is 0. The Morgan fingerprint density at radius 2 is 0.955 bits per heavy atom. The molecule has 1 heterocycles. The zero-order chi connectivity index (χ0) is 16.1. The first-order valence-electron chi connectivity index (χ1n) is 7.02. The first kappa shape index (κ1) is 17.4. The number of rotatable bonds is 2. The fourth-order valence-corrected chi connectivity index (χ4v) is 7.53. The molecular formula is C16H18ClO4P. The molecule has 0 N–H and O–H groups in total. The molecule has 2 aromatic rings. The summed E-state index contributed by atoms with van der Waals surface area (Å²) < 4.78 is 34.0. The van der Waals surface area contributed by atoms with Gasteiger partial charge in [-0.1, -0.05) is 36.4 Å². The van der Waals surface area contributed by atoms with Gasteiger partial charge in [0.2, 0.25) is 0 Å². The molecule has 0 unspecified atom stereocenters. The van der Waals surface area contributed by atoms with E-state index in [1.165, 1.54) is 25.2 Å². The Hall–Kier alpha value is -1.00. The topological polar surface area (TPSA) is 92.2 Å². The summed E-state index contributed by atoms with van der Waals surface area (Å²) in [7, 11) is -6.00. The van der Waals surface area contributed by atoms with E-state index in [4.69, 9.17) is 18.6 Å². The Balaban J connectivity index is 0.000000309. The summed E-state index contributed by atoms with van der Waals surface area (Å²) in [6.45, 7) is 0. The van der Waals surface area contributed by atoms with E-state index < -0.39 is 17.5 Å². The van der Waals surface area contributed by atoms with Crippen molar-refractivity contribution in [2.45, 2.75) is 12.8 Å². The molecule has 3 rings (SSSR count). The third-order valence-corrected chi connectivity index (χ3v) is 8.56. The lowest BCUT2D eigenvalue weighted by atomic mass is 10.4. The smallest absolute Gasteiger partial charge is 0.0991 e. The Bertz CT molecular complexity index is 518. The Morgan fingerprint density at radius 1 is 0.636 bits per heavy atom. The van der Waals surface area contributed by atoms with E-state index in [0.29, 0.717) is 0 Å². The fourth-order valence-electron chi connectivity index (χ4n) is 2.97. The predicted molar refractivity (Wildman–Crippen MR) is 78.0 cm³/mol. The van der Waals surface area contributed by atoms with Crippen molar-refractivity contribution in [2.24, 2.45) is 0 Å². The molecule has 0 aliphatic carbocycles. The molecule has 1 aliphatic heterocycles. The Kier molecular flexibility index (Phi) is 5.93. The zero-order valence-electron chi connectivity index (χ0n) is 12.1. The SMILES string of the molecule is [O-][Cl+3]([O-])([O-])[O-].c1ccc([P+]2(c3ccccc3)CCCC2)cc1. The maximum absolute atomic E-state index is 8.49. The van der Waals surface area contributed by atoms with Gasteiger partial charge in [0.1, 0.15) is 0 Å². The highest BCUT2D eigenvalue weighted by molar-refractivity contribution is 7.89. The highest BCUT2D eigenvalue weighted by Crippen LogP contribution is 2.61. The van der Waals surface area contributed by atoms with Crippen LogP contribution in [0.25, 0.3) is 0 Å². The van der Waals surface area contributed by atoms with E-state index in [1.54, 1.807) is 10.6 Å². The van der Waals surface area contributed by atoms with Gasteiger partial charge in [-0.05, 0) is 37.1 Å². The molecule has 0 atom stereocenters. The molecule has 0 radical (unpaired) electrons. The lowest BCUT2D eigenvalue weighted by Gasteiger charge is -2.22. The summed E-state index contributed by atoms with van der Waals surface area (Å²) in [5, 5.41) is 3.20. The van der Waals surface area contributed by atoms with E-state index in [-0.39, 0.29) is 0 Å². The van der Waals surface area contributed by atoms with Crippen LogP contribution in [0.1, 0.15) is 12.8 Å². The monoisotopic (exact) mass is 340 g/mol. The molecular weight excluding hydrogens is 323 g/mol. The summed E-state index contributed by atoms with van der Waals surface area (Å²) in [5.74, 6) is 0. The molecule has 2 aromatic carbocycles. The molecule has 6 heteroatoms. The second-order valence-electron chi connectivity index (χ2n) is 5.17. The minimum Gasteiger partial charge on any atom is -0.222 e. The van der Waals surface area contributed by atoms with Crippen LogP contribution >= 0.6 is 7.26 Å². The normalized spacial score (nSPS) is 16.7. The standard InChI is InChI=1S/C16H18P.ClHO4/c1-3-9-15(10-4-1)17(13-7-8-14-17)16-11-5-2-6-12-16;2-1(3,4)5/h1-6,9-12H,7-8,13-14H2;(H,2,3,4,5)/q+1;/p-1. The molecule has 0 saturated carbocycles. The molecule has 1 saturated heterocycles. The van der Waals surface area contributed by atoms with Crippen molar-refractivity contribution in [1.82, 2.24) is 0 Å². The second-order valence-corrected chi connectivity index (χ2v) is 9.79. The molecule has 0 bridgehead atoms. The molecule has 22 heavy (non-hydrogen) atoms. The highest BCUT2D eigenvalue weighted by Gasteiger charge is 2.45. The van der Waals surface area contributed by atoms with E-state index in [9.17, 15) is 0 Å². The Morgan fingerprint density at radius 3 is 1.27 bits per heavy atom. The van der Waals surface area contributed by atoms with Gasteiger partial charge in [0, 0.05) is 0 Å². The summed E-state index contributed by atoms with van der Waals surface area (Å²) >= 11 is 0. The average Bonchev–Trinajstić information content (AvgIpc) is 2.98. The molecule has 0 amide bonds. The van der Waals surface area contributed by atoms with Gasteiger partial charge in [0.25, 0.3) is 0 Å². The summed E-state index contributed by atoms with van der Waals surface area (Å²) in [4.78, 5) is 0. The fraction of sp³-hybridized carbons (Fsp3) is 0.250. The van der Waals surface area contributed by atoms with Crippen molar-refractivity contribution < 1.29 is 28.9 Å². The molecule has 1 fully saturated rings. The largest absolute Gasteiger partial charge is 0.222 e. The lowest BCUT2D eigenvalue weighted by molar-refractivity contribution is -2.00. The van der Waals surface area contributed by atoms with Gasteiger partial charge in [-0.25, -0.2) is 18.6 Å². The van der Waals surface area contributed by atoms with E-state index in [2.05, 4.69) is 60.7 Å². The number of benzene rings is 2. The maximum atomic E-state index is 8.49. The van der Waals surface area contributed by atoms with Crippen molar-refractivity contribution in [3.05, 3.63) is 60.7 Å². The van der Waals surface area contributed by atoms with Gasteiger partial charge < -0.3 is 0 Å². The Labute approximate surface area is 133 Å². The molecule has 4 nitrogen and oxygen atoms in total. The van der Waals surface area contributed by atoms with Crippen LogP contribution in [0.2, 0.25) is 0 Å². The van der Waals surface area contributed by atoms with Crippen molar-refractivity contribution in [3.8, 4) is 0 Å². The minimum atomic E-state index is -4.94. The van der Waals surface area contributed by atoms with Crippen molar-refractivity contribution in [3.63, 3.8) is 0 Å². The van der Waals surface area contributed by atoms with Gasteiger partial charge in [-0.3, -0.25) is 0 Å². The van der Waals surface area contributed by atoms with E-state index >= 15 is 0 Å². The van der Waals surface area contributed by atoms with Crippen LogP contribution in [0.15, 0.2) is 60.7 Å². The zero-order valence-corrected chi connectivity index (χ0v) is 13.7. The van der Waals surface area contributed by atoms with Crippen LogP contribution in [0.3, 0.4) is 0 Å². The molecule has 118 valence electrons. The van der Waals surface area contributed by atoms with Crippen molar-refractivity contribution in [2.75, 3.05) is 12.3 Å². The van der Waals surface area contributed by atoms with Gasteiger partial charge in [-0.2, -0.15) is 0 Å². The second kappa shape index (κ2) is 7.51. The molecule has 0 aromatic heterocycles. The van der Waals surface area contributed by atoms with Gasteiger partial charge in [0.05, 0.1) is 30.2 Å². The lowest BCUT2D eigenvalue weighted by Crippen LogP contribution is -2.68. The third-order valence-electron chi connectivity index (χ3n) is 3.83. The molecule has 0 spiro atoms. The van der Waals surface area contributed by atoms with Crippen molar-refractivity contribution >= 4 is 17.9 Å². The first-order valence-corrected chi connectivity index (χ1v) is 10.4. The van der Waals surface area contributed by atoms with E-state index in [1.807, 2.05) is 0 Å². The van der Waals surface area contributed by atoms with Gasteiger partial charge >= 0.3 is 0 Å². The van der Waals surface area contributed by atoms with Gasteiger partial charge in [0.15, 0.2) is 0 Å². The number of hydrogen-bond donors (Lipinski definition) is 0. The third kappa shape index (κ3) is 4.75. The number of hydrogen-bond acceptors (Lipinski definition) is 4. The van der Waals surface area contributed by atoms with Crippen LogP contribution in [0, 0.1) is 10.2 Å². The van der Waals surface area contributed by atoms with Crippen LogP contribution in [-0.4, -0.2) is 12.3 Å². The van der Waals surface area contributed by atoms with Crippen LogP contribution in [0.4, 0.5) is 0 Å². The summed E-state index contributed by atoms with van der Waals surface area (Å²) in [6, 6.07) is 22.4. The minimum absolute atomic E-state index is 1.05. The van der Waals surface area contributed by atoms with Crippen LogP contribution in [0.5, 0.6) is 0 Å². The van der Waals surface area contributed by atoms with Crippen LogP contribution in [-0.2, 0) is 0 Å². The average molecular weight is 341 g/mol. The predicted octanol–water partition coefficient (Wildman–Crippen LogP) is -1.31. The first-order chi connectivity index (χ1) is 10.4. The van der Waals surface area contributed by atoms with Crippen molar-refractivity contribution in [1.29, 1.82) is 0 Å². The highest BCUT2D eigenvalue weighted by atomic mass is 35.7. The van der Waals surface area contributed by atoms with Crippen LogP contribution < -0.4 is 29.2 Å².